The number of hydrogen-bond acceptors (Lipinski definition) is 4. The Bertz CT molecular complexity index is 1100. The molecule has 2 aromatic carbocycles. The molecule has 0 aliphatic heterocycles. The van der Waals surface area contributed by atoms with Crippen LogP contribution in [0.3, 0.4) is 0 Å². The molecule has 0 aliphatic carbocycles. The van der Waals surface area contributed by atoms with E-state index in [4.69, 9.17) is 0 Å². The number of carbonyl (C=O) groups excluding carboxylic acids is 1. The molecule has 1 N–H and O–H groups in total. The fourth-order valence-electron chi connectivity index (χ4n) is 3.13. The maximum absolute atomic E-state index is 13.2. The van der Waals surface area contributed by atoms with E-state index in [2.05, 4.69) is 5.10 Å². The summed E-state index contributed by atoms with van der Waals surface area (Å²) in [5.74, 6) is -1.24. The van der Waals surface area contributed by atoms with E-state index < -0.39 is 29.2 Å². The molecule has 1 unspecified atom stereocenters. The molecule has 3 aromatic rings. The van der Waals surface area contributed by atoms with Crippen molar-refractivity contribution in [2.45, 2.75) is 20.0 Å². The van der Waals surface area contributed by atoms with Crippen molar-refractivity contribution >= 4 is 5.91 Å². The average molecular weight is 427 g/mol. The number of amides is 1. The minimum absolute atomic E-state index is 0.0101. The number of rotatable bonds is 7. The molecule has 0 aliphatic rings. The van der Waals surface area contributed by atoms with Crippen molar-refractivity contribution in [2.75, 3.05) is 13.1 Å². The highest BCUT2D eigenvalue weighted by molar-refractivity contribution is 5.92. The lowest BCUT2D eigenvalue weighted by atomic mass is 10.1. The first-order valence-corrected chi connectivity index (χ1v) is 9.83. The normalized spacial score (nSPS) is 12.1. The van der Waals surface area contributed by atoms with Gasteiger partial charge in [-0.25, -0.2) is 8.78 Å². The van der Waals surface area contributed by atoms with Gasteiger partial charge in [-0.3, -0.25) is 9.59 Å². The molecule has 0 bridgehead atoms. The van der Waals surface area contributed by atoms with Gasteiger partial charge in [-0.15, -0.1) is 0 Å². The minimum atomic E-state index is -1.02. The number of hydrogen-bond donors (Lipinski definition) is 1. The monoisotopic (exact) mass is 427 g/mol. The summed E-state index contributed by atoms with van der Waals surface area (Å²) < 4.78 is 27.4. The molecular formula is C23H23F2N3O3. The van der Waals surface area contributed by atoms with Crippen LogP contribution in [-0.2, 0) is 0 Å². The van der Waals surface area contributed by atoms with Crippen LogP contribution in [0.15, 0.2) is 65.5 Å². The first kappa shape index (κ1) is 22.3. The van der Waals surface area contributed by atoms with Crippen LogP contribution in [0, 0.1) is 17.6 Å². The van der Waals surface area contributed by atoms with Gasteiger partial charge in [0.2, 0.25) is 0 Å². The molecule has 1 atom stereocenters. The van der Waals surface area contributed by atoms with Crippen molar-refractivity contribution in [2.24, 2.45) is 5.92 Å². The van der Waals surface area contributed by atoms with E-state index in [9.17, 15) is 23.5 Å². The summed E-state index contributed by atoms with van der Waals surface area (Å²) in [6, 6.07) is 13.1. The Hall–Kier alpha value is -3.39. The largest absolute Gasteiger partial charge is 0.387 e. The summed E-state index contributed by atoms with van der Waals surface area (Å²) in [5, 5.41) is 14.7. The van der Waals surface area contributed by atoms with Crippen LogP contribution in [0.25, 0.3) is 5.69 Å². The summed E-state index contributed by atoms with van der Waals surface area (Å²) in [6.07, 6.45) is -1.02. The molecule has 8 heteroatoms. The topological polar surface area (TPSA) is 75.4 Å². The fourth-order valence-corrected chi connectivity index (χ4v) is 3.13. The number of aromatic nitrogens is 2. The van der Waals surface area contributed by atoms with Crippen LogP contribution >= 0.6 is 0 Å². The van der Waals surface area contributed by atoms with Gasteiger partial charge in [0.05, 0.1) is 18.3 Å². The SMILES string of the molecule is CC(C)CN(CC(O)c1ccc(F)cc1)C(=O)c1ccc(=O)n(-c2ccc(F)cc2)n1. The van der Waals surface area contributed by atoms with Crippen molar-refractivity contribution < 1.29 is 18.7 Å². The maximum Gasteiger partial charge on any atom is 0.274 e. The van der Waals surface area contributed by atoms with E-state index in [0.717, 1.165) is 4.68 Å². The fraction of sp³-hybridized carbons (Fsp3) is 0.261. The number of aliphatic hydroxyl groups is 1. The lowest BCUT2D eigenvalue weighted by Gasteiger charge is -2.27. The Kier molecular flexibility index (Phi) is 6.91. The summed E-state index contributed by atoms with van der Waals surface area (Å²) >= 11 is 0. The lowest BCUT2D eigenvalue weighted by molar-refractivity contribution is 0.0587. The van der Waals surface area contributed by atoms with Gasteiger partial charge in [0.15, 0.2) is 0 Å². The van der Waals surface area contributed by atoms with E-state index in [0.29, 0.717) is 17.8 Å². The summed E-state index contributed by atoms with van der Waals surface area (Å²) in [4.78, 5) is 26.8. The molecule has 0 spiro atoms. The van der Waals surface area contributed by atoms with Crippen molar-refractivity contribution in [3.63, 3.8) is 0 Å². The molecule has 1 heterocycles. The zero-order valence-corrected chi connectivity index (χ0v) is 17.2. The zero-order valence-electron chi connectivity index (χ0n) is 17.2. The predicted octanol–water partition coefficient (Wildman–Crippen LogP) is 3.34. The highest BCUT2D eigenvalue weighted by atomic mass is 19.1. The van der Waals surface area contributed by atoms with Crippen molar-refractivity contribution in [3.05, 3.63) is 93.9 Å². The summed E-state index contributed by atoms with van der Waals surface area (Å²) in [7, 11) is 0. The minimum Gasteiger partial charge on any atom is -0.387 e. The second-order valence-electron chi connectivity index (χ2n) is 7.62. The quantitative estimate of drug-likeness (QED) is 0.628. The van der Waals surface area contributed by atoms with Gasteiger partial charge in [0.25, 0.3) is 11.5 Å². The highest BCUT2D eigenvalue weighted by Gasteiger charge is 2.23. The van der Waals surface area contributed by atoms with Gasteiger partial charge < -0.3 is 10.0 Å². The molecule has 162 valence electrons. The number of aliphatic hydroxyl groups excluding tert-OH is 1. The highest BCUT2D eigenvalue weighted by Crippen LogP contribution is 2.17. The Labute approximate surface area is 178 Å². The van der Waals surface area contributed by atoms with Crippen LogP contribution in [0.1, 0.15) is 36.0 Å². The van der Waals surface area contributed by atoms with Gasteiger partial charge >= 0.3 is 0 Å². The third-order valence-corrected chi connectivity index (χ3v) is 4.61. The van der Waals surface area contributed by atoms with E-state index in [-0.39, 0.29) is 18.2 Å². The van der Waals surface area contributed by atoms with Crippen LogP contribution in [0.5, 0.6) is 0 Å². The third kappa shape index (κ3) is 5.61. The Morgan fingerprint density at radius 3 is 2.13 bits per heavy atom. The molecule has 3 rings (SSSR count). The second kappa shape index (κ2) is 9.61. The lowest BCUT2D eigenvalue weighted by Crippen LogP contribution is -2.39. The number of benzene rings is 2. The van der Waals surface area contributed by atoms with Gasteiger partial charge in [-0.2, -0.15) is 9.78 Å². The smallest absolute Gasteiger partial charge is 0.274 e. The van der Waals surface area contributed by atoms with Crippen LogP contribution in [0.2, 0.25) is 0 Å². The van der Waals surface area contributed by atoms with Gasteiger partial charge in [-0.05, 0) is 53.9 Å². The van der Waals surface area contributed by atoms with Gasteiger partial charge in [-0.1, -0.05) is 26.0 Å². The molecule has 0 radical (unpaired) electrons. The molecule has 0 fully saturated rings. The maximum atomic E-state index is 13.2. The molecule has 1 aromatic heterocycles. The Morgan fingerprint density at radius 1 is 0.968 bits per heavy atom. The van der Waals surface area contributed by atoms with Gasteiger partial charge in [0, 0.05) is 12.6 Å². The third-order valence-electron chi connectivity index (χ3n) is 4.61. The van der Waals surface area contributed by atoms with E-state index in [1.54, 1.807) is 0 Å². The van der Waals surface area contributed by atoms with E-state index in [1.165, 1.54) is 65.6 Å². The van der Waals surface area contributed by atoms with Crippen molar-refractivity contribution in [3.8, 4) is 5.69 Å². The van der Waals surface area contributed by atoms with E-state index in [1.807, 2.05) is 13.8 Å². The molecule has 6 nitrogen and oxygen atoms in total. The van der Waals surface area contributed by atoms with Crippen LogP contribution < -0.4 is 5.56 Å². The molecular weight excluding hydrogens is 404 g/mol. The Morgan fingerprint density at radius 2 is 1.55 bits per heavy atom. The summed E-state index contributed by atoms with van der Waals surface area (Å²) in [6.45, 7) is 4.17. The second-order valence-corrected chi connectivity index (χ2v) is 7.62. The number of carbonyl (C=O) groups is 1. The molecule has 31 heavy (non-hydrogen) atoms. The van der Waals surface area contributed by atoms with Gasteiger partial charge in [0.1, 0.15) is 17.3 Å². The van der Waals surface area contributed by atoms with E-state index >= 15 is 0 Å². The Balaban J connectivity index is 1.89. The summed E-state index contributed by atoms with van der Waals surface area (Å²) in [5.41, 5.74) is 0.343. The average Bonchev–Trinajstić information content (AvgIpc) is 2.74. The number of halogens is 2. The van der Waals surface area contributed by atoms with Crippen LogP contribution in [-0.4, -0.2) is 38.8 Å². The predicted molar refractivity (Wildman–Crippen MR) is 112 cm³/mol. The molecule has 1 amide bonds. The van der Waals surface area contributed by atoms with Crippen molar-refractivity contribution in [1.29, 1.82) is 0 Å². The first-order chi connectivity index (χ1) is 14.7. The molecule has 0 saturated carbocycles. The molecule has 0 saturated heterocycles. The first-order valence-electron chi connectivity index (χ1n) is 9.83. The zero-order chi connectivity index (χ0) is 22.5. The standard InChI is InChI=1S/C23H23F2N3O3/c1-15(2)13-27(14-21(29)16-3-5-17(24)6-4-16)23(31)20-11-12-22(30)28(26-20)19-9-7-18(25)8-10-19/h3-12,15,21,29H,13-14H2,1-2H3. The van der Waals surface area contributed by atoms with Crippen LogP contribution in [0.4, 0.5) is 8.78 Å². The number of nitrogens with zero attached hydrogens (tertiary/aromatic N) is 3. The van der Waals surface area contributed by atoms with Crippen molar-refractivity contribution in [1.82, 2.24) is 14.7 Å².